The number of amides is 1. The normalized spacial score (nSPS) is 10.7. The van der Waals surface area contributed by atoms with Crippen LogP contribution in [0.2, 0.25) is 0 Å². The fourth-order valence-corrected chi connectivity index (χ4v) is 1.57. The Labute approximate surface area is 109 Å². The quantitative estimate of drug-likeness (QED) is 0.436. The zero-order valence-corrected chi connectivity index (χ0v) is 10.9. The minimum Gasteiger partial charge on any atom is -0.273 e. The number of pyridine rings is 1. The predicted molar refractivity (Wildman–Crippen MR) is 73.3 cm³/mol. The van der Waals surface area contributed by atoms with Gasteiger partial charge in [-0.25, -0.2) is 5.43 Å². The highest BCUT2D eigenvalue weighted by molar-refractivity contribution is 5.80. The summed E-state index contributed by atoms with van der Waals surface area (Å²) in [5, 5.41) is 3.87. The van der Waals surface area contributed by atoms with E-state index in [0.717, 1.165) is 18.5 Å². The average Bonchev–Trinajstić information content (AvgIpc) is 2.40. The highest BCUT2D eigenvalue weighted by Gasteiger charge is 1.98. The molecule has 98 valence electrons. The van der Waals surface area contributed by atoms with Crippen LogP contribution in [0, 0.1) is 0 Å². The summed E-state index contributed by atoms with van der Waals surface area (Å²) in [5.41, 5.74) is 3.25. The van der Waals surface area contributed by atoms with Crippen LogP contribution >= 0.6 is 0 Å². The molecule has 0 saturated carbocycles. The molecule has 0 fully saturated rings. The predicted octanol–water partition coefficient (Wildman–Crippen LogP) is 2.89. The van der Waals surface area contributed by atoms with Crippen molar-refractivity contribution in [3.63, 3.8) is 0 Å². The van der Waals surface area contributed by atoms with E-state index in [1.54, 1.807) is 12.4 Å². The fourth-order valence-electron chi connectivity index (χ4n) is 1.57. The minimum atomic E-state index is -0.0290. The molecular formula is C14H21N3O. The summed E-state index contributed by atoms with van der Waals surface area (Å²) in [7, 11) is 0. The number of rotatable bonds is 8. The van der Waals surface area contributed by atoms with Gasteiger partial charge in [0.05, 0.1) is 11.9 Å². The second-order valence-corrected chi connectivity index (χ2v) is 4.21. The monoisotopic (exact) mass is 247 g/mol. The molecule has 18 heavy (non-hydrogen) atoms. The topological polar surface area (TPSA) is 54.4 Å². The van der Waals surface area contributed by atoms with Crippen molar-refractivity contribution in [3.8, 4) is 0 Å². The number of nitrogens with one attached hydrogen (secondary N) is 1. The standard InChI is InChI=1S/C14H21N3O/c1-2-3-4-5-6-10-14(18)17-16-12-13-9-7-8-11-15-13/h7-9,11-12H,2-6,10H2,1H3,(H,17,18). The lowest BCUT2D eigenvalue weighted by Crippen LogP contribution is -2.16. The summed E-state index contributed by atoms with van der Waals surface area (Å²) in [6.07, 6.45) is 9.52. The van der Waals surface area contributed by atoms with Crippen molar-refractivity contribution in [2.75, 3.05) is 0 Å². The average molecular weight is 247 g/mol. The van der Waals surface area contributed by atoms with Crippen LogP contribution in [-0.4, -0.2) is 17.1 Å². The zero-order valence-electron chi connectivity index (χ0n) is 10.9. The van der Waals surface area contributed by atoms with Gasteiger partial charge < -0.3 is 0 Å². The number of carbonyl (C=O) groups excluding carboxylic acids is 1. The maximum absolute atomic E-state index is 11.4. The van der Waals surface area contributed by atoms with Crippen LogP contribution in [0.15, 0.2) is 29.5 Å². The summed E-state index contributed by atoms with van der Waals surface area (Å²) in [6, 6.07) is 5.55. The van der Waals surface area contributed by atoms with E-state index in [4.69, 9.17) is 0 Å². The van der Waals surface area contributed by atoms with Crippen LogP contribution in [0.25, 0.3) is 0 Å². The van der Waals surface area contributed by atoms with Gasteiger partial charge in [0.1, 0.15) is 0 Å². The number of carbonyl (C=O) groups is 1. The maximum Gasteiger partial charge on any atom is 0.240 e. The van der Waals surface area contributed by atoms with E-state index in [9.17, 15) is 4.79 Å². The second kappa shape index (κ2) is 9.33. The summed E-state index contributed by atoms with van der Waals surface area (Å²) in [5.74, 6) is -0.0290. The largest absolute Gasteiger partial charge is 0.273 e. The molecule has 0 aromatic carbocycles. The molecule has 0 bridgehead atoms. The Morgan fingerprint density at radius 3 is 2.89 bits per heavy atom. The van der Waals surface area contributed by atoms with Gasteiger partial charge in [-0.05, 0) is 18.6 Å². The van der Waals surface area contributed by atoms with Crippen LogP contribution in [0.5, 0.6) is 0 Å². The molecule has 1 aromatic heterocycles. The molecule has 0 aliphatic rings. The minimum absolute atomic E-state index is 0.0290. The Balaban J connectivity index is 2.11. The van der Waals surface area contributed by atoms with Crippen LogP contribution < -0.4 is 5.43 Å². The van der Waals surface area contributed by atoms with Crippen molar-refractivity contribution in [1.82, 2.24) is 10.4 Å². The highest BCUT2D eigenvalue weighted by Crippen LogP contribution is 2.04. The molecule has 0 spiro atoms. The van der Waals surface area contributed by atoms with Gasteiger partial charge in [-0.1, -0.05) is 38.7 Å². The summed E-state index contributed by atoms with van der Waals surface area (Å²) < 4.78 is 0. The number of hydrazone groups is 1. The molecular weight excluding hydrogens is 226 g/mol. The fraction of sp³-hybridized carbons (Fsp3) is 0.500. The number of unbranched alkanes of at least 4 members (excludes halogenated alkanes) is 4. The van der Waals surface area contributed by atoms with Gasteiger partial charge in [0, 0.05) is 12.6 Å². The molecule has 1 N–H and O–H groups in total. The van der Waals surface area contributed by atoms with Gasteiger partial charge in [-0.15, -0.1) is 0 Å². The Kier molecular flexibility index (Phi) is 7.44. The van der Waals surface area contributed by atoms with Gasteiger partial charge in [0.25, 0.3) is 0 Å². The Bertz CT molecular complexity index is 363. The molecule has 4 heteroatoms. The molecule has 1 heterocycles. The van der Waals surface area contributed by atoms with Crippen molar-refractivity contribution >= 4 is 12.1 Å². The van der Waals surface area contributed by atoms with Crippen molar-refractivity contribution in [1.29, 1.82) is 0 Å². The lowest BCUT2D eigenvalue weighted by atomic mass is 10.1. The van der Waals surface area contributed by atoms with Crippen LogP contribution in [0.1, 0.15) is 51.1 Å². The first-order chi connectivity index (χ1) is 8.83. The molecule has 0 atom stereocenters. The summed E-state index contributed by atoms with van der Waals surface area (Å²) >= 11 is 0. The van der Waals surface area contributed by atoms with E-state index in [2.05, 4.69) is 22.4 Å². The molecule has 0 aliphatic carbocycles. The third-order valence-corrected chi connectivity index (χ3v) is 2.58. The van der Waals surface area contributed by atoms with Crippen molar-refractivity contribution in [2.24, 2.45) is 5.10 Å². The molecule has 0 aliphatic heterocycles. The van der Waals surface area contributed by atoms with E-state index >= 15 is 0 Å². The van der Waals surface area contributed by atoms with Gasteiger partial charge in [-0.3, -0.25) is 9.78 Å². The van der Waals surface area contributed by atoms with Gasteiger partial charge >= 0.3 is 0 Å². The first kappa shape index (κ1) is 14.4. The van der Waals surface area contributed by atoms with Gasteiger partial charge in [0.2, 0.25) is 5.91 Å². The van der Waals surface area contributed by atoms with Gasteiger partial charge in [-0.2, -0.15) is 5.10 Å². The lowest BCUT2D eigenvalue weighted by molar-refractivity contribution is -0.121. The molecule has 4 nitrogen and oxygen atoms in total. The number of nitrogens with zero attached hydrogens (tertiary/aromatic N) is 2. The Morgan fingerprint density at radius 2 is 2.17 bits per heavy atom. The third-order valence-electron chi connectivity index (χ3n) is 2.58. The number of hydrogen-bond donors (Lipinski definition) is 1. The van der Waals surface area contributed by atoms with Crippen LogP contribution in [0.3, 0.4) is 0 Å². The molecule has 0 radical (unpaired) electrons. The Hall–Kier alpha value is -1.71. The van der Waals surface area contributed by atoms with Crippen molar-refractivity contribution in [2.45, 2.75) is 45.4 Å². The molecule has 1 amide bonds. The van der Waals surface area contributed by atoms with Crippen LogP contribution in [0.4, 0.5) is 0 Å². The molecule has 0 saturated heterocycles. The van der Waals surface area contributed by atoms with Crippen LogP contribution in [-0.2, 0) is 4.79 Å². The molecule has 1 aromatic rings. The third kappa shape index (κ3) is 6.78. The number of hydrogen-bond acceptors (Lipinski definition) is 3. The first-order valence-corrected chi connectivity index (χ1v) is 6.56. The smallest absolute Gasteiger partial charge is 0.240 e. The summed E-state index contributed by atoms with van der Waals surface area (Å²) in [4.78, 5) is 15.5. The summed E-state index contributed by atoms with van der Waals surface area (Å²) in [6.45, 7) is 2.18. The van der Waals surface area contributed by atoms with Gasteiger partial charge in [0.15, 0.2) is 0 Å². The van der Waals surface area contributed by atoms with E-state index < -0.39 is 0 Å². The maximum atomic E-state index is 11.4. The molecule has 0 unspecified atom stereocenters. The molecule has 1 rings (SSSR count). The van der Waals surface area contributed by atoms with E-state index in [1.807, 2.05) is 18.2 Å². The van der Waals surface area contributed by atoms with E-state index in [-0.39, 0.29) is 5.91 Å². The Morgan fingerprint density at radius 1 is 1.33 bits per heavy atom. The van der Waals surface area contributed by atoms with Crippen molar-refractivity contribution in [3.05, 3.63) is 30.1 Å². The van der Waals surface area contributed by atoms with Crippen molar-refractivity contribution < 1.29 is 4.79 Å². The van der Waals surface area contributed by atoms with E-state index in [0.29, 0.717) is 6.42 Å². The first-order valence-electron chi connectivity index (χ1n) is 6.56. The number of aromatic nitrogens is 1. The second-order valence-electron chi connectivity index (χ2n) is 4.21. The SMILES string of the molecule is CCCCCCCC(=O)NN=Cc1ccccn1. The highest BCUT2D eigenvalue weighted by atomic mass is 16.2. The lowest BCUT2D eigenvalue weighted by Gasteiger charge is -1.99. The zero-order chi connectivity index (χ0) is 13.1. The van der Waals surface area contributed by atoms with E-state index in [1.165, 1.54) is 19.3 Å².